The van der Waals surface area contributed by atoms with Crippen LogP contribution in [0.15, 0.2) is 45.1 Å². The molecule has 0 saturated heterocycles. The van der Waals surface area contributed by atoms with Gasteiger partial charge in [-0.2, -0.15) is 22.7 Å². The van der Waals surface area contributed by atoms with Gasteiger partial charge in [0.15, 0.2) is 0 Å². The Morgan fingerprint density at radius 1 is 0.696 bits per heavy atom. The van der Waals surface area contributed by atoms with Gasteiger partial charge in [0.2, 0.25) is 0 Å². The van der Waals surface area contributed by atoms with Crippen molar-refractivity contribution in [1.29, 1.82) is 0 Å². The highest BCUT2D eigenvalue weighted by Gasteiger charge is 2.09. The lowest BCUT2D eigenvalue weighted by molar-refractivity contribution is 0.624. The van der Waals surface area contributed by atoms with Crippen LogP contribution in [0.1, 0.15) is 52.4 Å². The fraction of sp³-hybridized carbons (Fsp3) is 0.400. The molecular formula is C20H26S3. The molecular weight excluding hydrogens is 336 g/mol. The van der Waals surface area contributed by atoms with E-state index in [1.165, 1.54) is 60.1 Å². The first-order valence-electron chi connectivity index (χ1n) is 8.49. The quantitative estimate of drug-likeness (QED) is 0.369. The van der Waals surface area contributed by atoms with Gasteiger partial charge < -0.3 is 0 Å². The molecule has 0 atom stereocenters. The van der Waals surface area contributed by atoms with Gasteiger partial charge in [-0.05, 0) is 50.7 Å². The molecule has 0 unspecified atom stereocenters. The lowest BCUT2D eigenvalue weighted by Gasteiger charge is -1.98. The van der Waals surface area contributed by atoms with Crippen LogP contribution in [0.5, 0.6) is 0 Å². The molecule has 3 heteroatoms. The highest BCUT2D eigenvalue weighted by atomic mass is 32.1. The van der Waals surface area contributed by atoms with E-state index in [0.717, 1.165) is 0 Å². The largest absolute Gasteiger partial charge is 0.152 e. The molecule has 0 N–H and O–H groups in total. The van der Waals surface area contributed by atoms with E-state index in [0.29, 0.717) is 0 Å². The number of unbranched alkanes of at least 4 members (excludes halogenated alkanes) is 5. The van der Waals surface area contributed by atoms with Crippen molar-refractivity contribution in [3.63, 3.8) is 0 Å². The van der Waals surface area contributed by atoms with Crippen molar-refractivity contribution in [2.75, 3.05) is 0 Å². The van der Waals surface area contributed by atoms with Gasteiger partial charge in [-0.15, -0.1) is 11.3 Å². The van der Waals surface area contributed by atoms with E-state index in [1.807, 2.05) is 11.3 Å². The Hall–Kier alpha value is -0.900. The summed E-state index contributed by atoms with van der Waals surface area (Å²) in [5.74, 6) is 0. The fourth-order valence-electron chi connectivity index (χ4n) is 2.43. The topological polar surface area (TPSA) is 0 Å². The van der Waals surface area contributed by atoms with Crippen LogP contribution >= 0.6 is 34.0 Å². The molecule has 3 heterocycles. The van der Waals surface area contributed by atoms with Crippen LogP contribution in [0.4, 0.5) is 0 Å². The molecule has 0 radical (unpaired) electrons. The summed E-state index contributed by atoms with van der Waals surface area (Å²) < 4.78 is 0. The van der Waals surface area contributed by atoms with Crippen LogP contribution in [0.25, 0.3) is 21.6 Å². The van der Waals surface area contributed by atoms with Crippen molar-refractivity contribution in [3.05, 3.63) is 45.1 Å². The van der Waals surface area contributed by atoms with Gasteiger partial charge in [-0.1, -0.05) is 52.4 Å². The molecule has 0 bridgehead atoms. The minimum absolute atomic E-state index is 1.34. The average molecular weight is 363 g/mol. The molecule has 3 aromatic rings. The van der Waals surface area contributed by atoms with E-state index in [1.54, 1.807) is 22.7 Å². The zero-order chi connectivity index (χ0) is 16.3. The Kier molecular flexibility index (Phi) is 8.66. The summed E-state index contributed by atoms with van der Waals surface area (Å²) in [4.78, 5) is 1.38. The SMILES string of the molecule is CCCCCCCC.c1cc(-c2ccsc2-c2ccsc2)cs1. The van der Waals surface area contributed by atoms with Gasteiger partial charge >= 0.3 is 0 Å². The van der Waals surface area contributed by atoms with Crippen LogP contribution in [0, 0.1) is 0 Å². The average Bonchev–Trinajstić information content (AvgIpc) is 3.33. The molecule has 0 aromatic carbocycles. The van der Waals surface area contributed by atoms with Crippen LogP contribution in [-0.4, -0.2) is 0 Å². The van der Waals surface area contributed by atoms with Crippen molar-refractivity contribution >= 4 is 34.0 Å². The molecule has 3 rings (SSSR count). The van der Waals surface area contributed by atoms with Gasteiger partial charge in [-0.3, -0.25) is 0 Å². The molecule has 23 heavy (non-hydrogen) atoms. The van der Waals surface area contributed by atoms with Gasteiger partial charge in [-0.25, -0.2) is 0 Å². The summed E-state index contributed by atoms with van der Waals surface area (Å²) in [6.45, 7) is 4.51. The summed E-state index contributed by atoms with van der Waals surface area (Å²) in [5.41, 5.74) is 4.04. The highest BCUT2D eigenvalue weighted by Crippen LogP contribution is 2.38. The smallest absolute Gasteiger partial charge is 0.0429 e. The molecule has 0 amide bonds. The lowest BCUT2D eigenvalue weighted by Crippen LogP contribution is -1.73. The second-order valence-corrected chi connectivity index (χ2v) is 8.08. The minimum atomic E-state index is 1.34. The number of hydrogen-bond acceptors (Lipinski definition) is 3. The lowest BCUT2D eigenvalue weighted by atomic mass is 10.1. The first-order chi connectivity index (χ1) is 11.4. The van der Waals surface area contributed by atoms with Crippen LogP contribution in [0.2, 0.25) is 0 Å². The summed E-state index contributed by atoms with van der Waals surface area (Å²) in [6, 6.07) is 6.58. The molecule has 0 aliphatic rings. The zero-order valence-corrected chi connectivity index (χ0v) is 16.5. The Balaban J connectivity index is 0.000000207. The Labute approximate surface area is 152 Å². The molecule has 0 aliphatic heterocycles. The monoisotopic (exact) mass is 362 g/mol. The molecule has 3 aromatic heterocycles. The van der Waals surface area contributed by atoms with Gasteiger partial charge in [0.05, 0.1) is 0 Å². The van der Waals surface area contributed by atoms with E-state index in [4.69, 9.17) is 0 Å². The van der Waals surface area contributed by atoms with Crippen LogP contribution in [-0.2, 0) is 0 Å². The Morgan fingerprint density at radius 3 is 1.83 bits per heavy atom. The Morgan fingerprint density at radius 2 is 1.30 bits per heavy atom. The van der Waals surface area contributed by atoms with Gasteiger partial charge in [0.1, 0.15) is 0 Å². The minimum Gasteiger partial charge on any atom is -0.152 e. The van der Waals surface area contributed by atoms with Crippen molar-refractivity contribution in [2.24, 2.45) is 0 Å². The van der Waals surface area contributed by atoms with Crippen LogP contribution in [0.3, 0.4) is 0 Å². The van der Waals surface area contributed by atoms with E-state index >= 15 is 0 Å². The van der Waals surface area contributed by atoms with Gasteiger partial charge in [0, 0.05) is 16.0 Å². The molecule has 0 spiro atoms. The molecule has 0 nitrogen and oxygen atoms in total. The molecule has 0 saturated carbocycles. The van der Waals surface area contributed by atoms with Crippen molar-refractivity contribution in [3.8, 4) is 21.6 Å². The molecule has 0 fully saturated rings. The summed E-state index contributed by atoms with van der Waals surface area (Å²) in [7, 11) is 0. The maximum Gasteiger partial charge on any atom is 0.0429 e. The maximum atomic E-state index is 2.26. The molecule has 0 aliphatic carbocycles. The van der Waals surface area contributed by atoms with E-state index in [9.17, 15) is 0 Å². The second-order valence-electron chi connectivity index (χ2n) is 5.60. The summed E-state index contributed by atoms with van der Waals surface area (Å²) in [6.07, 6.45) is 8.49. The van der Waals surface area contributed by atoms with Crippen molar-refractivity contribution in [2.45, 2.75) is 52.4 Å². The molecule has 124 valence electrons. The zero-order valence-electron chi connectivity index (χ0n) is 14.1. The number of hydrogen-bond donors (Lipinski definition) is 0. The van der Waals surface area contributed by atoms with Gasteiger partial charge in [0.25, 0.3) is 0 Å². The van der Waals surface area contributed by atoms with Crippen molar-refractivity contribution in [1.82, 2.24) is 0 Å². The van der Waals surface area contributed by atoms with Crippen molar-refractivity contribution < 1.29 is 0 Å². The predicted octanol–water partition coefficient (Wildman–Crippen LogP) is 8.57. The van der Waals surface area contributed by atoms with E-state index < -0.39 is 0 Å². The second kappa shape index (κ2) is 10.8. The summed E-state index contributed by atoms with van der Waals surface area (Å²) >= 11 is 5.32. The third-order valence-electron chi connectivity index (χ3n) is 3.74. The highest BCUT2D eigenvalue weighted by molar-refractivity contribution is 7.15. The standard InChI is InChI=1S/C12H8S3.C8H18/c1-4-13-7-9(1)11-3-6-15-12(11)10-2-5-14-8-10;1-3-5-7-8-6-4-2/h1-8H;3-8H2,1-2H3. The normalized spacial score (nSPS) is 10.3. The number of rotatable bonds is 7. The maximum absolute atomic E-state index is 2.26. The third kappa shape index (κ3) is 5.91. The first-order valence-corrected chi connectivity index (χ1v) is 11.3. The van der Waals surface area contributed by atoms with E-state index in [2.05, 4.69) is 58.9 Å². The fourth-order valence-corrected chi connectivity index (χ4v) is 4.72. The summed E-state index contributed by atoms with van der Waals surface area (Å²) in [5, 5.41) is 10.8. The third-order valence-corrected chi connectivity index (χ3v) is 6.07. The predicted molar refractivity (Wildman–Crippen MR) is 110 cm³/mol. The first kappa shape index (κ1) is 18.4. The van der Waals surface area contributed by atoms with E-state index in [-0.39, 0.29) is 0 Å². The van der Waals surface area contributed by atoms with Crippen LogP contribution < -0.4 is 0 Å². The number of thiophene rings is 3. The Bertz CT molecular complexity index is 563.